The van der Waals surface area contributed by atoms with Crippen molar-refractivity contribution in [2.45, 2.75) is 40.7 Å². The van der Waals surface area contributed by atoms with Crippen LogP contribution in [-0.4, -0.2) is 24.0 Å². The van der Waals surface area contributed by atoms with Gasteiger partial charge in [0, 0.05) is 24.4 Å². The van der Waals surface area contributed by atoms with E-state index >= 15 is 0 Å². The summed E-state index contributed by atoms with van der Waals surface area (Å²) in [5.41, 5.74) is 3.65. The van der Waals surface area contributed by atoms with Crippen LogP contribution in [-0.2, 0) is 13.0 Å². The van der Waals surface area contributed by atoms with Crippen molar-refractivity contribution in [3.63, 3.8) is 0 Å². The highest BCUT2D eigenvalue weighted by Gasteiger charge is 2.05. The molecule has 0 aliphatic carbocycles. The van der Waals surface area contributed by atoms with Crippen LogP contribution in [0.2, 0.25) is 0 Å². The van der Waals surface area contributed by atoms with Crippen molar-refractivity contribution >= 4 is 41.3 Å². The van der Waals surface area contributed by atoms with Gasteiger partial charge in [-0.2, -0.15) is 0 Å². The molecule has 0 spiro atoms. The molecule has 2 N–H and O–H groups in total. The Labute approximate surface area is 166 Å². The lowest BCUT2D eigenvalue weighted by Crippen LogP contribution is -2.38. The molecule has 0 saturated carbocycles. The highest BCUT2D eigenvalue weighted by atomic mass is 127. The molecule has 0 bridgehead atoms. The summed E-state index contributed by atoms with van der Waals surface area (Å²) in [6.45, 7) is 10.7. The lowest BCUT2D eigenvalue weighted by Gasteiger charge is -2.11. The first-order valence-electron chi connectivity index (χ1n) is 8.09. The average molecular weight is 458 g/mol. The summed E-state index contributed by atoms with van der Waals surface area (Å²) in [5, 5.41) is 7.84. The van der Waals surface area contributed by atoms with E-state index in [4.69, 9.17) is 0 Å². The lowest BCUT2D eigenvalue weighted by molar-refractivity contribution is 0.801. The summed E-state index contributed by atoms with van der Waals surface area (Å²) in [6, 6.07) is 8.51. The van der Waals surface area contributed by atoms with Crippen molar-refractivity contribution in [2.24, 2.45) is 4.99 Å². The fraction of sp³-hybridized carbons (Fsp3) is 0.444. The summed E-state index contributed by atoms with van der Waals surface area (Å²) in [7, 11) is 0. The van der Waals surface area contributed by atoms with Crippen molar-refractivity contribution in [2.75, 3.05) is 13.1 Å². The maximum atomic E-state index is 4.65. The van der Waals surface area contributed by atoms with Crippen molar-refractivity contribution < 1.29 is 0 Å². The Balaban J connectivity index is 0.00000288. The maximum absolute atomic E-state index is 4.65. The van der Waals surface area contributed by atoms with Crippen LogP contribution in [0.3, 0.4) is 0 Å². The average Bonchev–Trinajstić information content (AvgIpc) is 2.84. The summed E-state index contributed by atoms with van der Waals surface area (Å²) in [6.07, 6.45) is 0.978. The number of nitrogens with zero attached hydrogens (tertiary/aromatic N) is 2. The Morgan fingerprint density at radius 1 is 1.12 bits per heavy atom. The number of nitrogens with one attached hydrogen (secondary N) is 2. The van der Waals surface area contributed by atoms with Gasteiger partial charge in [0.1, 0.15) is 0 Å². The number of thiazole rings is 1. The first-order chi connectivity index (χ1) is 11.1. The van der Waals surface area contributed by atoms with E-state index in [9.17, 15) is 0 Å². The van der Waals surface area contributed by atoms with Crippen LogP contribution in [0.5, 0.6) is 0 Å². The monoisotopic (exact) mass is 458 g/mol. The highest BCUT2D eigenvalue weighted by Crippen LogP contribution is 2.17. The van der Waals surface area contributed by atoms with Crippen molar-refractivity contribution in [1.29, 1.82) is 0 Å². The van der Waals surface area contributed by atoms with E-state index in [1.807, 2.05) is 0 Å². The molecule has 0 aliphatic heterocycles. The number of aliphatic imine (C=N–C) groups is 1. The van der Waals surface area contributed by atoms with Gasteiger partial charge in [0.2, 0.25) is 0 Å². The molecule has 0 unspecified atom stereocenters. The number of guanidine groups is 1. The number of benzene rings is 1. The standard InChI is InChI=1S/C18H26N4S.HI/c1-5-19-18(21-12-16-8-6-13(2)7-9-16)20-11-10-17-14(3)22-15(4)23-17;/h6-9H,5,10-12H2,1-4H3,(H2,19,20,21);1H. The smallest absolute Gasteiger partial charge is 0.191 e. The third-order valence-electron chi connectivity index (χ3n) is 3.53. The van der Waals surface area contributed by atoms with Gasteiger partial charge in [-0.05, 0) is 33.3 Å². The van der Waals surface area contributed by atoms with Gasteiger partial charge in [-0.15, -0.1) is 35.3 Å². The molecular weight excluding hydrogens is 431 g/mol. The molecule has 24 heavy (non-hydrogen) atoms. The molecule has 0 atom stereocenters. The van der Waals surface area contributed by atoms with Crippen LogP contribution in [0.15, 0.2) is 29.3 Å². The van der Waals surface area contributed by atoms with E-state index < -0.39 is 0 Å². The zero-order valence-corrected chi connectivity index (χ0v) is 18.0. The quantitative estimate of drug-likeness (QED) is 0.391. The number of aromatic nitrogens is 1. The third-order valence-corrected chi connectivity index (χ3v) is 4.66. The summed E-state index contributed by atoms with van der Waals surface area (Å²) >= 11 is 1.78. The zero-order chi connectivity index (χ0) is 16.7. The van der Waals surface area contributed by atoms with Crippen LogP contribution in [0.1, 0.15) is 33.6 Å². The molecule has 1 heterocycles. The molecule has 2 aromatic rings. The predicted molar refractivity (Wildman–Crippen MR) is 115 cm³/mol. The van der Waals surface area contributed by atoms with Crippen molar-refractivity contribution in [3.05, 3.63) is 51.0 Å². The number of rotatable bonds is 6. The van der Waals surface area contributed by atoms with Crippen LogP contribution >= 0.6 is 35.3 Å². The summed E-state index contributed by atoms with van der Waals surface area (Å²) < 4.78 is 0. The van der Waals surface area contributed by atoms with Crippen LogP contribution in [0.25, 0.3) is 0 Å². The molecule has 6 heteroatoms. The summed E-state index contributed by atoms with van der Waals surface area (Å²) in [4.78, 5) is 10.5. The van der Waals surface area contributed by atoms with Crippen molar-refractivity contribution in [3.8, 4) is 0 Å². The number of hydrogen-bond acceptors (Lipinski definition) is 3. The van der Waals surface area contributed by atoms with Gasteiger partial charge in [0.25, 0.3) is 0 Å². The van der Waals surface area contributed by atoms with Crippen molar-refractivity contribution in [1.82, 2.24) is 15.6 Å². The second kappa shape index (κ2) is 10.7. The fourth-order valence-electron chi connectivity index (χ4n) is 2.31. The Morgan fingerprint density at radius 2 is 1.83 bits per heavy atom. The summed E-state index contributed by atoms with van der Waals surface area (Å²) in [5.74, 6) is 0.868. The van der Waals surface area contributed by atoms with Gasteiger partial charge in [-0.3, -0.25) is 0 Å². The first kappa shape index (κ1) is 20.9. The SMILES string of the molecule is CCNC(=NCc1ccc(C)cc1)NCCc1sc(C)nc1C.I. The van der Waals surface area contributed by atoms with Gasteiger partial charge in [0.05, 0.1) is 17.2 Å². The molecule has 0 amide bonds. The normalized spacial score (nSPS) is 11.1. The largest absolute Gasteiger partial charge is 0.357 e. The lowest BCUT2D eigenvalue weighted by atomic mass is 10.1. The Kier molecular flexibility index (Phi) is 9.28. The fourth-order valence-corrected chi connectivity index (χ4v) is 3.24. The minimum atomic E-state index is 0. The minimum Gasteiger partial charge on any atom is -0.357 e. The van der Waals surface area contributed by atoms with E-state index in [0.717, 1.165) is 36.2 Å². The molecule has 2 rings (SSSR count). The number of hydrogen-bond donors (Lipinski definition) is 2. The Morgan fingerprint density at radius 3 is 2.42 bits per heavy atom. The molecule has 0 aliphatic rings. The second-order valence-electron chi connectivity index (χ2n) is 5.60. The topological polar surface area (TPSA) is 49.3 Å². The molecule has 0 saturated heterocycles. The van der Waals surface area contributed by atoms with E-state index in [0.29, 0.717) is 6.54 Å². The third kappa shape index (κ3) is 6.76. The van der Waals surface area contributed by atoms with Gasteiger partial charge in [0.15, 0.2) is 5.96 Å². The van der Waals surface area contributed by atoms with E-state index in [1.54, 1.807) is 11.3 Å². The maximum Gasteiger partial charge on any atom is 0.191 e. The van der Waals surface area contributed by atoms with E-state index in [-0.39, 0.29) is 24.0 Å². The van der Waals surface area contributed by atoms with Gasteiger partial charge >= 0.3 is 0 Å². The first-order valence-corrected chi connectivity index (χ1v) is 8.90. The molecule has 1 aromatic carbocycles. The van der Waals surface area contributed by atoms with Crippen LogP contribution in [0.4, 0.5) is 0 Å². The Bertz CT molecular complexity index is 650. The highest BCUT2D eigenvalue weighted by molar-refractivity contribution is 14.0. The minimum absolute atomic E-state index is 0. The molecular formula is C18H27IN4S. The number of aryl methyl sites for hydroxylation is 3. The van der Waals surface area contributed by atoms with E-state index in [1.165, 1.54) is 16.0 Å². The van der Waals surface area contributed by atoms with Gasteiger partial charge in [-0.1, -0.05) is 29.8 Å². The molecule has 0 radical (unpaired) electrons. The van der Waals surface area contributed by atoms with E-state index in [2.05, 4.69) is 72.6 Å². The zero-order valence-electron chi connectivity index (χ0n) is 14.8. The van der Waals surface area contributed by atoms with Gasteiger partial charge in [-0.25, -0.2) is 9.98 Å². The van der Waals surface area contributed by atoms with Gasteiger partial charge < -0.3 is 10.6 Å². The number of halogens is 1. The van der Waals surface area contributed by atoms with Crippen LogP contribution < -0.4 is 10.6 Å². The molecule has 1 aromatic heterocycles. The predicted octanol–water partition coefficient (Wildman–Crippen LogP) is 3.98. The molecule has 4 nitrogen and oxygen atoms in total. The molecule has 132 valence electrons. The van der Waals surface area contributed by atoms with Crippen LogP contribution in [0, 0.1) is 20.8 Å². The Hall–Kier alpha value is -1.15. The second-order valence-corrected chi connectivity index (χ2v) is 6.89. The molecule has 0 fully saturated rings.